The highest BCUT2D eigenvalue weighted by Crippen LogP contribution is 2.55. The normalized spacial score (nSPS) is 24.9. The summed E-state index contributed by atoms with van der Waals surface area (Å²) in [6.45, 7) is 0. The fraction of sp³-hybridized carbons (Fsp3) is 0.250. The zero-order valence-electron chi connectivity index (χ0n) is 15.9. The van der Waals surface area contributed by atoms with Gasteiger partial charge in [-0.1, -0.05) is 72.8 Å². The van der Waals surface area contributed by atoms with Gasteiger partial charge in [0.05, 0.1) is 26.1 Å². The quantitative estimate of drug-likeness (QED) is 0.602. The number of allylic oxidation sites excluding steroid dienone is 3. The van der Waals surface area contributed by atoms with Crippen LogP contribution >= 0.6 is 0 Å². The minimum absolute atomic E-state index is 0.183. The Labute approximate surface area is 164 Å². The van der Waals surface area contributed by atoms with Crippen molar-refractivity contribution in [1.82, 2.24) is 0 Å². The lowest BCUT2D eigenvalue weighted by atomic mass is 9.83. The van der Waals surface area contributed by atoms with Gasteiger partial charge in [-0.2, -0.15) is 0 Å². The van der Waals surface area contributed by atoms with Gasteiger partial charge < -0.3 is 9.47 Å². The van der Waals surface area contributed by atoms with Gasteiger partial charge in [-0.25, -0.2) is 0 Å². The van der Waals surface area contributed by atoms with Crippen LogP contribution in [0.1, 0.15) is 11.1 Å². The van der Waals surface area contributed by atoms with Crippen LogP contribution in [0.4, 0.5) is 0 Å². The van der Waals surface area contributed by atoms with Crippen LogP contribution in [0, 0.1) is 23.7 Å². The maximum atomic E-state index is 12.6. The van der Waals surface area contributed by atoms with Gasteiger partial charge in [0.15, 0.2) is 0 Å². The van der Waals surface area contributed by atoms with Gasteiger partial charge in [0, 0.05) is 11.8 Å². The molecule has 4 atom stereocenters. The molecule has 142 valence electrons. The maximum absolute atomic E-state index is 12.6. The van der Waals surface area contributed by atoms with Crippen LogP contribution in [0.2, 0.25) is 0 Å². The van der Waals surface area contributed by atoms with E-state index in [-0.39, 0.29) is 23.8 Å². The first-order valence-corrected chi connectivity index (χ1v) is 9.36. The SMILES string of the molecule is COC(=O)C1C2C=CC(C2=C(c2ccccc2)c2ccccc2)C1C(=O)OC. The van der Waals surface area contributed by atoms with Crippen molar-refractivity contribution in [2.75, 3.05) is 14.2 Å². The minimum Gasteiger partial charge on any atom is -0.469 e. The Morgan fingerprint density at radius 1 is 0.679 bits per heavy atom. The number of carbonyl (C=O) groups is 2. The molecule has 0 aromatic heterocycles. The predicted octanol–water partition coefficient (Wildman–Crippen LogP) is 3.88. The Hall–Kier alpha value is -3.14. The highest BCUT2D eigenvalue weighted by atomic mass is 16.5. The second-order valence-corrected chi connectivity index (χ2v) is 7.10. The van der Waals surface area contributed by atoms with Gasteiger partial charge in [0.2, 0.25) is 0 Å². The van der Waals surface area contributed by atoms with Crippen molar-refractivity contribution in [3.63, 3.8) is 0 Å². The molecule has 0 spiro atoms. The van der Waals surface area contributed by atoms with Crippen molar-refractivity contribution < 1.29 is 19.1 Å². The lowest BCUT2D eigenvalue weighted by Crippen LogP contribution is -2.34. The van der Waals surface area contributed by atoms with E-state index in [1.54, 1.807) is 0 Å². The van der Waals surface area contributed by atoms with E-state index in [9.17, 15) is 9.59 Å². The molecule has 0 radical (unpaired) electrons. The number of fused-ring (bicyclic) bond motifs is 2. The number of hydrogen-bond acceptors (Lipinski definition) is 4. The van der Waals surface area contributed by atoms with Crippen LogP contribution < -0.4 is 0 Å². The van der Waals surface area contributed by atoms with Crippen molar-refractivity contribution in [2.45, 2.75) is 0 Å². The summed E-state index contributed by atoms with van der Waals surface area (Å²) in [5.74, 6) is -2.24. The average molecular weight is 374 g/mol. The van der Waals surface area contributed by atoms with Crippen molar-refractivity contribution >= 4 is 17.5 Å². The zero-order valence-corrected chi connectivity index (χ0v) is 15.9. The number of ether oxygens (including phenoxy) is 2. The smallest absolute Gasteiger partial charge is 0.310 e. The third-order valence-electron chi connectivity index (χ3n) is 5.77. The summed E-state index contributed by atoms with van der Waals surface area (Å²) in [4.78, 5) is 25.2. The molecule has 0 amide bonds. The lowest BCUT2D eigenvalue weighted by molar-refractivity contribution is -0.158. The number of carbonyl (C=O) groups excluding carboxylic acids is 2. The summed E-state index contributed by atoms with van der Waals surface area (Å²) in [6, 6.07) is 20.2. The highest BCUT2D eigenvalue weighted by Gasteiger charge is 2.56. The third kappa shape index (κ3) is 2.85. The summed E-state index contributed by atoms with van der Waals surface area (Å²) in [7, 11) is 2.73. The first-order chi connectivity index (χ1) is 13.7. The second-order valence-electron chi connectivity index (χ2n) is 7.10. The van der Waals surface area contributed by atoms with E-state index >= 15 is 0 Å². The molecule has 2 aromatic carbocycles. The van der Waals surface area contributed by atoms with Gasteiger partial charge >= 0.3 is 11.9 Å². The summed E-state index contributed by atoms with van der Waals surface area (Å²) >= 11 is 0. The van der Waals surface area contributed by atoms with Crippen molar-refractivity contribution in [3.8, 4) is 0 Å². The van der Waals surface area contributed by atoms with Crippen LogP contribution in [0.25, 0.3) is 5.57 Å². The number of hydrogen-bond donors (Lipinski definition) is 0. The van der Waals surface area contributed by atoms with E-state index in [2.05, 4.69) is 24.3 Å². The summed E-state index contributed by atoms with van der Waals surface area (Å²) in [6.07, 6.45) is 4.07. The van der Waals surface area contributed by atoms with Crippen LogP contribution in [-0.4, -0.2) is 26.2 Å². The fourth-order valence-electron chi connectivity index (χ4n) is 4.64. The van der Waals surface area contributed by atoms with Crippen LogP contribution in [0.5, 0.6) is 0 Å². The molecule has 4 heteroatoms. The number of esters is 2. The molecule has 1 saturated carbocycles. The van der Waals surface area contributed by atoms with Crippen LogP contribution in [0.15, 0.2) is 78.4 Å². The highest BCUT2D eigenvalue weighted by molar-refractivity contribution is 5.91. The van der Waals surface area contributed by atoms with Crippen molar-refractivity contribution in [1.29, 1.82) is 0 Å². The van der Waals surface area contributed by atoms with E-state index in [4.69, 9.17) is 9.47 Å². The van der Waals surface area contributed by atoms with E-state index in [0.29, 0.717) is 0 Å². The molecule has 1 fully saturated rings. The van der Waals surface area contributed by atoms with Gasteiger partial charge in [-0.05, 0) is 22.3 Å². The summed E-state index contributed by atoms with van der Waals surface area (Å²) < 4.78 is 10.1. The van der Waals surface area contributed by atoms with Gasteiger partial charge in [0.25, 0.3) is 0 Å². The molecule has 0 N–H and O–H groups in total. The molecule has 28 heavy (non-hydrogen) atoms. The van der Waals surface area contributed by atoms with Gasteiger partial charge in [-0.15, -0.1) is 0 Å². The molecular weight excluding hydrogens is 352 g/mol. The average Bonchev–Trinajstić information content (AvgIpc) is 3.30. The second kappa shape index (κ2) is 7.47. The largest absolute Gasteiger partial charge is 0.469 e. The molecule has 0 heterocycles. The van der Waals surface area contributed by atoms with Crippen LogP contribution in [0.3, 0.4) is 0 Å². The Morgan fingerprint density at radius 3 is 1.43 bits per heavy atom. The lowest BCUT2D eigenvalue weighted by Gasteiger charge is -2.22. The molecule has 2 bridgehead atoms. The minimum atomic E-state index is -0.565. The number of benzene rings is 2. The molecule has 2 aliphatic rings. The molecule has 2 aliphatic carbocycles. The Morgan fingerprint density at radius 2 is 1.07 bits per heavy atom. The molecule has 0 saturated heterocycles. The summed E-state index contributed by atoms with van der Waals surface area (Å²) in [5.41, 5.74) is 4.29. The van der Waals surface area contributed by atoms with Crippen molar-refractivity contribution in [2.24, 2.45) is 23.7 Å². The zero-order chi connectivity index (χ0) is 19.7. The van der Waals surface area contributed by atoms with Crippen LogP contribution in [-0.2, 0) is 19.1 Å². The first kappa shape index (κ1) is 18.2. The monoisotopic (exact) mass is 374 g/mol. The fourth-order valence-corrected chi connectivity index (χ4v) is 4.64. The van der Waals surface area contributed by atoms with Crippen molar-refractivity contribution in [3.05, 3.63) is 89.5 Å². The van der Waals surface area contributed by atoms with Gasteiger partial charge in [0.1, 0.15) is 0 Å². The third-order valence-corrected chi connectivity index (χ3v) is 5.77. The molecule has 2 aromatic rings. The molecule has 4 nitrogen and oxygen atoms in total. The molecule has 4 rings (SSSR count). The Bertz CT molecular complexity index is 868. The first-order valence-electron chi connectivity index (χ1n) is 9.36. The van der Waals surface area contributed by atoms with E-state index < -0.39 is 11.8 Å². The standard InChI is InChI=1S/C24H22O4/c1-27-23(25)21-17-13-14-18(22(21)24(26)28-2)20(17)19(15-9-5-3-6-10-15)16-11-7-4-8-12-16/h3-14,17-18,21-22H,1-2H3. The molecule has 4 unspecified atom stereocenters. The van der Waals surface area contributed by atoms with E-state index in [1.165, 1.54) is 14.2 Å². The maximum Gasteiger partial charge on any atom is 0.310 e. The predicted molar refractivity (Wildman–Crippen MR) is 106 cm³/mol. The van der Waals surface area contributed by atoms with E-state index in [1.807, 2.05) is 48.6 Å². The summed E-state index contributed by atoms with van der Waals surface area (Å²) in [5, 5.41) is 0. The number of methoxy groups -OCH3 is 2. The van der Waals surface area contributed by atoms with Gasteiger partial charge in [-0.3, -0.25) is 9.59 Å². The number of rotatable bonds is 4. The molecular formula is C24H22O4. The topological polar surface area (TPSA) is 52.6 Å². The Kier molecular flexibility index (Phi) is 4.86. The Balaban J connectivity index is 1.95. The van der Waals surface area contributed by atoms with E-state index in [0.717, 1.165) is 22.3 Å². The molecule has 0 aliphatic heterocycles.